The number of aromatic nitrogens is 4. The maximum Gasteiger partial charge on any atom is 0.326 e. The SMILES string of the molecule is Cc1ccc2[nH]c(CCCNC(=O)c3cc(=O)[nH]c(=O)[nH]3)nc2c1C. The summed E-state index contributed by atoms with van der Waals surface area (Å²) >= 11 is 0. The number of carbonyl (C=O) groups excluding carboxylic acids is 1. The average Bonchev–Trinajstić information content (AvgIpc) is 2.98. The second kappa shape index (κ2) is 6.76. The summed E-state index contributed by atoms with van der Waals surface area (Å²) in [5, 5.41) is 2.67. The second-order valence-electron chi connectivity index (χ2n) is 5.95. The molecule has 0 saturated heterocycles. The molecule has 0 atom stereocenters. The van der Waals surface area contributed by atoms with Crippen molar-refractivity contribution < 1.29 is 4.79 Å². The quantitative estimate of drug-likeness (QED) is 0.515. The van der Waals surface area contributed by atoms with Crippen LogP contribution < -0.4 is 16.6 Å². The smallest absolute Gasteiger partial charge is 0.326 e. The summed E-state index contributed by atoms with van der Waals surface area (Å²) in [6.45, 7) is 4.51. The molecular weight excluding hydrogens is 322 g/mol. The monoisotopic (exact) mass is 341 g/mol. The zero-order valence-corrected chi connectivity index (χ0v) is 14.0. The fourth-order valence-electron chi connectivity index (χ4n) is 2.63. The summed E-state index contributed by atoms with van der Waals surface area (Å²) in [5.41, 5.74) is 2.97. The Morgan fingerprint density at radius 3 is 2.72 bits per heavy atom. The van der Waals surface area contributed by atoms with Gasteiger partial charge in [-0.25, -0.2) is 9.78 Å². The van der Waals surface area contributed by atoms with Crippen molar-refractivity contribution in [1.82, 2.24) is 25.3 Å². The van der Waals surface area contributed by atoms with Gasteiger partial charge in [0.25, 0.3) is 11.5 Å². The lowest BCUT2D eigenvalue weighted by molar-refractivity contribution is 0.0947. The van der Waals surface area contributed by atoms with Crippen molar-refractivity contribution in [3.05, 3.63) is 61.7 Å². The molecular formula is C17H19N5O3. The molecule has 0 unspecified atom stereocenters. The first kappa shape index (κ1) is 16.7. The molecule has 3 aromatic rings. The molecule has 25 heavy (non-hydrogen) atoms. The van der Waals surface area contributed by atoms with Crippen LogP contribution >= 0.6 is 0 Å². The van der Waals surface area contributed by atoms with E-state index in [0.29, 0.717) is 19.4 Å². The summed E-state index contributed by atoms with van der Waals surface area (Å²) < 4.78 is 0. The largest absolute Gasteiger partial charge is 0.351 e. The number of carbonyl (C=O) groups is 1. The van der Waals surface area contributed by atoms with Crippen molar-refractivity contribution >= 4 is 16.9 Å². The first-order chi connectivity index (χ1) is 11.9. The number of rotatable bonds is 5. The van der Waals surface area contributed by atoms with E-state index in [1.165, 1.54) is 5.56 Å². The van der Waals surface area contributed by atoms with E-state index in [4.69, 9.17) is 0 Å². The zero-order chi connectivity index (χ0) is 18.0. The summed E-state index contributed by atoms with van der Waals surface area (Å²) in [7, 11) is 0. The van der Waals surface area contributed by atoms with Crippen LogP contribution in [0.1, 0.15) is 33.9 Å². The van der Waals surface area contributed by atoms with Crippen LogP contribution in [0.2, 0.25) is 0 Å². The van der Waals surface area contributed by atoms with Gasteiger partial charge in [-0.1, -0.05) is 6.07 Å². The molecule has 130 valence electrons. The predicted molar refractivity (Wildman–Crippen MR) is 93.9 cm³/mol. The Morgan fingerprint density at radius 1 is 1.16 bits per heavy atom. The number of aryl methyl sites for hydroxylation is 3. The molecule has 0 spiro atoms. The lowest BCUT2D eigenvalue weighted by Crippen LogP contribution is -2.31. The van der Waals surface area contributed by atoms with Crippen LogP contribution in [0.25, 0.3) is 11.0 Å². The summed E-state index contributed by atoms with van der Waals surface area (Å²) in [6, 6.07) is 5.13. The molecule has 0 aliphatic heterocycles. The van der Waals surface area contributed by atoms with Crippen molar-refractivity contribution in [2.75, 3.05) is 6.54 Å². The molecule has 8 heteroatoms. The van der Waals surface area contributed by atoms with Gasteiger partial charge in [0.2, 0.25) is 0 Å². The van der Waals surface area contributed by atoms with Gasteiger partial charge < -0.3 is 15.3 Å². The summed E-state index contributed by atoms with van der Waals surface area (Å²) in [6.07, 6.45) is 1.36. The van der Waals surface area contributed by atoms with E-state index in [-0.39, 0.29) is 5.69 Å². The van der Waals surface area contributed by atoms with Gasteiger partial charge >= 0.3 is 5.69 Å². The Bertz CT molecular complexity index is 1020. The standard InChI is InChI=1S/C17H19N5O3/c1-9-5-6-11-15(10(9)2)21-13(19-11)4-3-7-18-16(24)12-8-14(23)22-17(25)20-12/h5-6,8H,3-4,7H2,1-2H3,(H,18,24)(H,19,21)(H2,20,22,23,25). The third kappa shape index (κ3) is 3.68. The molecule has 2 heterocycles. The lowest BCUT2D eigenvalue weighted by atomic mass is 10.1. The highest BCUT2D eigenvalue weighted by Crippen LogP contribution is 2.19. The third-order valence-electron chi connectivity index (χ3n) is 4.11. The highest BCUT2D eigenvalue weighted by atomic mass is 16.2. The Balaban J connectivity index is 1.58. The van der Waals surface area contributed by atoms with Crippen LogP contribution in [-0.4, -0.2) is 32.4 Å². The van der Waals surface area contributed by atoms with Gasteiger partial charge in [0.05, 0.1) is 11.0 Å². The van der Waals surface area contributed by atoms with Gasteiger partial charge in [0.1, 0.15) is 11.5 Å². The molecule has 8 nitrogen and oxygen atoms in total. The topological polar surface area (TPSA) is 123 Å². The number of hydrogen-bond donors (Lipinski definition) is 4. The first-order valence-corrected chi connectivity index (χ1v) is 8.00. The number of imidazole rings is 1. The van der Waals surface area contributed by atoms with Gasteiger partial charge in [-0.3, -0.25) is 14.6 Å². The summed E-state index contributed by atoms with van der Waals surface area (Å²) in [5.74, 6) is 0.377. The van der Waals surface area contributed by atoms with Crippen molar-refractivity contribution in [1.29, 1.82) is 0 Å². The van der Waals surface area contributed by atoms with E-state index in [9.17, 15) is 14.4 Å². The van der Waals surface area contributed by atoms with Crippen LogP contribution in [0.4, 0.5) is 0 Å². The van der Waals surface area contributed by atoms with Gasteiger partial charge in [-0.15, -0.1) is 0 Å². The number of amides is 1. The van der Waals surface area contributed by atoms with Gasteiger partial charge in [0, 0.05) is 19.0 Å². The van der Waals surface area contributed by atoms with E-state index in [1.807, 2.05) is 18.0 Å². The molecule has 0 fully saturated rings. The minimum absolute atomic E-state index is 0.0522. The molecule has 0 aliphatic carbocycles. The van der Waals surface area contributed by atoms with Crippen molar-refractivity contribution in [3.63, 3.8) is 0 Å². The fraction of sp³-hybridized carbons (Fsp3) is 0.294. The molecule has 4 N–H and O–H groups in total. The third-order valence-corrected chi connectivity index (χ3v) is 4.11. The molecule has 1 aromatic carbocycles. The van der Waals surface area contributed by atoms with Crippen LogP contribution in [0.5, 0.6) is 0 Å². The molecule has 1 amide bonds. The Morgan fingerprint density at radius 2 is 1.96 bits per heavy atom. The predicted octanol–water partition coefficient (Wildman–Crippen LogP) is 0.919. The number of nitrogens with zero attached hydrogens (tertiary/aromatic N) is 1. The van der Waals surface area contributed by atoms with Crippen LogP contribution in [0.15, 0.2) is 27.8 Å². The first-order valence-electron chi connectivity index (χ1n) is 8.00. The summed E-state index contributed by atoms with van der Waals surface area (Å²) in [4.78, 5) is 46.5. The fourth-order valence-corrected chi connectivity index (χ4v) is 2.63. The van der Waals surface area contributed by atoms with Crippen molar-refractivity contribution in [2.24, 2.45) is 0 Å². The highest BCUT2D eigenvalue weighted by Gasteiger charge is 2.09. The van der Waals surface area contributed by atoms with E-state index in [1.54, 1.807) is 0 Å². The minimum atomic E-state index is -0.703. The number of hydrogen-bond acceptors (Lipinski definition) is 4. The number of fused-ring (bicyclic) bond motifs is 1. The Hall–Kier alpha value is -3.16. The van der Waals surface area contributed by atoms with E-state index in [0.717, 1.165) is 28.5 Å². The Labute approximate surface area is 142 Å². The molecule has 3 rings (SSSR count). The maximum absolute atomic E-state index is 11.9. The van der Waals surface area contributed by atoms with E-state index >= 15 is 0 Å². The van der Waals surface area contributed by atoms with Crippen LogP contribution in [-0.2, 0) is 6.42 Å². The minimum Gasteiger partial charge on any atom is -0.351 e. The van der Waals surface area contributed by atoms with Gasteiger partial charge in [0.15, 0.2) is 0 Å². The zero-order valence-electron chi connectivity index (χ0n) is 14.0. The van der Waals surface area contributed by atoms with Gasteiger partial charge in [-0.2, -0.15) is 0 Å². The van der Waals surface area contributed by atoms with Gasteiger partial charge in [-0.05, 0) is 37.5 Å². The molecule has 0 aliphatic rings. The molecule has 0 bridgehead atoms. The van der Waals surface area contributed by atoms with Crippen LogP contribution in [0.3, 0.4) is 0 Å². The van der Waals surface area contributed by atoms with E-state index < -0.39 is 17.2 Å². The van der Waals surface area contributed by atoms with Crippen molar-refractivity contribution in [3.8, 4) is 0 Å². The molecule has 2 aromatic heterocycles. The maximum atomic E-state index is 11.9. The lowest BCUT2D eigenvalue weighted by Gasteiger charge is -2.03. The Kier molecular flexibility index (Phi) is 4.51. The van der Waals surface area contributed by atoms with E-state index in [2.05, 4.69) is 33.3 Å². The average molecular weight is 341 g/mol. The molecule has 0 saturated carbocycles. The normalized spacial score (nSPS) is 11.0. The number of aromatic amines is 3. The van der Waals surface area contributed by atoms with Crippen molar-refractivity contribution in [2.45, 2.75) is 26.7 Å². The number of benzene rings is 1. The number of H-pyrrole nitrogens is 3. The number of nitrogens with one attached hydrogen (secondary N) is 4. The van der Waals surface area contributed by atoms with Crippen LogP contribution in [0, 0.1) is 13.8 Å². The highest BCUT2D eigenvalue weighted by molar-refractivity contribution is 5.91. The molecule has 0 radical (unpaired) electrons. The second-order valence-corrected chi connectivity index (χ2v) is 5.95.